The molecule has 0 aliphatic carbocycles. The van der Waals surface area contributed by atoms with Crippen LogP contribution >= 0.6 is 0 Å². The molecule has 0 aliphatic heterocycles. The third-order valence-electron chi connectivity index (χ3n) is 2.61. The van der Waals surface area contributed by atoms with E-state index in [1.54, 1.807) is 25.1 Å². The van der Waals surface area contributed by atoms with E-state index in [-0.39, 0.29) is 0 Å². The van der Waals surface area contributed by atoms with E-state index in [9.17, 15) is 0 Å². The molecule has 0 fully saturated rings. The van der Waals surface area contributed by atoms with Gasteiger partial charge in [-0.3, -0.25) is 0 Å². The third-order valence-corrected chi connectivity index (χ3v) is 2.61. The van der Waals surface area contributed by atoms with Crippen LogP contribution in [0.1, 0.15) is 11.1 Å². The van der Waals surface area contributed by atoms with Gasteiger partial charge < -0.3 is 19.1 Å². The lowest BCUT2D eigenvalue weighted by Crippen LogP contribution is -2.28. The van der Waals surface area contributed by atoms with Gasteiger partial charge in [-0.25, -0.2) is 0 Å². The minimum Gasteiger partial charge on any atom is -0.472 e. The molecular formula is C13H18N2O2. The molecule has 92 valence electrons. The van der Waals surface area contributed by atoms with Crippen molar-refractivity contribution in [3.8, 4) is 0 Å². The maximum atomic E-state index is 5.04. The second-order valence-electron chi connectivity index (χ2n) is 4.18. The quantitative estimate of drug-likeness (QED) is 0.745. The van der Waals surface area contributed by atoms with Crippen molar-refractivity contribution >= 4 is 0 Å². The van der Waals surface area contributed by atoms with Crippen LogP contribution in [-0.2, 0) is 13.1 Å². The molecule has 0 atom stereocenters. The molecule has 1 N–H and O–H groups in total. The molecule has 2 aromatic heterocycles. The van der Waals surface area contributed by atoms with Gasteiger partial charge in [0.05, 0.1) is 25.1 Å². The van der Waals surface area contributed by atoms with Crippen molar-refractivity contribution in [2.75, 3.05) is 20.1 Å². The maximum absolute atomic E-state index is 5.04. The SMILES string of the molecule is CN(CCNCc1ccoc1)Cc1ccoc1. The normalized spacial score (nSPS) is 11.2. The second kappa shape index (κ2) is 6.27. The van der Waals surface area contributed by atoms with E-state index < -0.39 is 0 Å². The minimum absolute atomic E-state index is 0.857. The lowest BCUT2D eigenvalue weighted by Gasteiger charge is -2.15. The summed E-state index contributed by atoms with van der Waals surface area (Å²) < 4.78 is 10.0. The third kappa shape index (κ3) is 4.09. The lowest BCUT2D eigenvalue weighted by atomic mass is 10.3. The Morgan fingerprint density at radius 3 is 2.47 bits per heavy atom. The Morgan fingerprint density at radius 2 is 1.82 bits per heavy atom. The van der Waals surface area contributed by atoms with Crippen molar-refractivity contribution in [1.29, 1.82) is 0 Å². The maximum Gasteiger partial charge on any atom is 0.0947 e. The van der Waals surface area contributed by atoms with Crippen molar-refractivity contribution in [2.45, 2.75) is 13.1 Å². The number of nitrogens with zero attached hydrogens (tertiary/aromatic N) is 1. The van der Waals surface area contributed by atoms with Gasteiger partial charge in [0, 0.05) is 37.3 Å². The van der Waals surface area contributed by atoms with Crippen LogP contribution in [0.4, 0.5) is 0 Å². The van der Waals surface area contributed by atoms with E-state index >= 15 is 0 Å². The number of nitrogens with one attached hydrogen (secondary N) is 1. The highest BCUT2D eigenvalue weighted by atomic mass is 16.3. The summed E-state index contributed by atoms with van der Waals surface area (Å²) in [6, 6.07) is 3.97. The summed E-state index contributed by atoms with van der Waals surface area (Å²) in [6.07, 6.45) is 6.96. The summed E-state index contributed by atoms with van der Waals surface area (Å²) in [4.78, 5) is 2.26. The van der Waals surface area contributed by atoms with Crippen molar-refractivity contribution in [1.82, 2.24) is 10.2 Å². The molecular weight excluding hydrogens is 216 g/mol. The van der Waals surface area contributed by atoms with Crippen LogP contribution in [0.5, 0.6) is 0 Å². The van der Waals surface area contributed by atoms with Crippen molar-refractivity contribution in [2.24, 2.45) is 0 Å². The summed E-state index contributed by atoms with van der Waals surface area (Å²) in [5.41, 5.74) is 2.39. The molecule has 0 radical (unpaired) electrons. The molecule has 0 aliphatic rings. The molecule has 2 rings (SSSR count). The van der Waals surface area contributed by atoms with E-state index in [0.717, 1.165) is 26.2 Å². The summed E-state index contributed by atoms with van der Waals surface area (Å²) in [7, 11) is 2.10. The first-order valence-corrected chi connectivity index (χ1v) is 5.76. The standard InChI is InChI=1S/C13H18N2O2/c1-15(9-13-3-7-17-11-13)5-4-14-8-12-2-6-16-10-12/h2-3,6-7,10-11,14H,4-5,8-9H2,1H3. The molecule has 0 unspecified atom stereocenters. The Balaban J connectivity index is 1.58. The Kier molecular flexibility index (Phi) is 4.41. The van der Waals surface area contributed by atoms with Gasteiger partial charge in [0.25, 0.3) is 0 Å². The summed E-state index contributed by atoms with van der Waals surface area (Å²) in [5.74, 6) is 0. The highest BCUT2D eigenvalue weighted by molar-refractivity contribution is 5.05. The zero-order chi connectivity index (χ0) is 11.9. The fourth-order valence-electron chi connectivity index (χ4n) is 1.67. The molecule has 0 aromatic carbocycles. The van der Waals surface area contributed by atoms with Crippen molar-refractivity contribution < 1.29 is 8.83 Å². The van der Waals surface area contributed by atoms with E-state index in [2.05, 4.69) is 17.3 Å². The van der Waals surface area contributed by atoms with Crippen LogP contribution in [-0.4, -0.2) is 25.0 Å². The smallest absolute Gasteiger partial charge is 0.0947 e. The number of furan rings is 2. The fourth-order valence-corrected chi connectivity index (χ4v) is 1.67. The first-order chi connectivity index (χ1) is 8.34. The topological polar surface area (TPSA) is 41.5 Å². The average Bonchev–Trinajstić information content (AvgIpc) is 2.96. The monoisotopic (exact) mass is 234 g/mol. The van der Waals surface area contributed by atoms with Crippen LogP contribution in [0.3, 0.4) is 0 Å². The highest BCUT2D eigenvalue weighted by Crippen LogP contribution is 2.03. The van der Waals surface area contributed by atoms with Gasteiger partial charge >= 0.3 is 0 Å². The number of rotatable bonds is 7. The average molecular weight is 234 g/mol. The molecule has 0 saturated carbocycles. The van der Waals surface area contributed by atoms with E-state index in [1.807, 2.05) is 12.1 Å². The van der Waals surface area contributed by atoms with Gasteiger partial charge in [0.15, 0.2) is 0 Å². The van der Waals surface area contributed by atoms with Crippen LogP contribution in [0.25, 0.3) is 0 Å². The van der Waals surface area contributed by atoms with Crippen molar-refractivity contribution in [3.63, 3.8) is 0 Å². The number of hydrogen-bond acceptors (Lipinski definition) is 4. The second-order valence-corrected chi connectivity index (χ2v) is 4.18. The summed E-state index contributed by atoms with van der Waals surface area (Å²) in [6.45, 7) is 3.74. The predicted molar refractivity (Wildman–Crippen MR) is 65.5 cm³/mol. The lowest BCUT2D eigenvalue weighted by molar-refractivity contribution is 0.323. The van der Waals surface area contributed by atoms with Crippen molar-refractivity contribution in [3.05, 3.63) is 48.3 Å². The van der Waals surface area contributed by atoms with Gasteiger partial charge in [-0.05, 0) is 19.2 Å². The van der Waals surface area contributed by atoms with Gasteiger partial charge in [-0.15, -0.1) is 0 Å². The molecule has 0 spiro atoms. The Bertz CT molecular complexity index is 395. The fraction of sp³-hybridized carbons (Fsp3) is 0.385. The molecule has 0 bridgehead atoms. The Morgan fingerprint density at radius 1 is 1.12 bits per heavy atom. The molecule has 2 heterocycles. The molecule has 4 heteroatoms. The predicted octanol–water partition coefficient (Wildman–Crippen LogP) is 2.09. The molecule has 0 saturated heterocycles. The molecule has 17 heavy (non-hydrogen) atoms. The Labute approximate surface area is 101 Å². The van der Waals surface area contributed by atoms with E-state index in [0.29, 0.717) is 0 Å². The first kappa shape index (κ1) is 12.0. The zero-order valence-corrected chi connectivity index (χ0v) is 10.1. The molecule has 0 amide bonds. The van der Waals surface area contributed by atoms with Crippen LogP contribution in [0.15, 0.2) is 46.0 Å². The van der Waals surface area contributed by atoms with E-state index in [1.165, 1.54) is 11.1 Å². The minimum atomic E-state index is 0.857. The van der Waals surface area contributed by atoms with Crippen LogP contribution in [0, 0.1) is 0 Å². The zero-order valence-electron chi connectivity index (χ0n) is 10.1. The van der Waals surface area contributed by atoms with Crippen LogP contribution in [0.2, 0.25) is 0 Å². The van der Waals surface area contributed by atoms with Gasteiger partial charge in [0.1, 0.15) is 0 Å². The molecule has 4 nitrogen and oxygen atoms in total. The largest absolute Gasteiger partial charge is 0.472 e. The Hall–Kier alpha value is -1.52. The van der Waals surface area contributed by atoms with Gasteiger partial charge in [-0.2, -0.15) is 0 Å². The summed E-state index contributed by atoms with van der Waals surface area (Å²) in [5, 5.41) is 3.37. The first-order valence-electron chi connectivity index (χ1n) is 5.76. The number of hydrogen-bond donors (Lipinski definition) is 1. The number of likely N-dealkylation sites (N-methyl/N-ethyl adjacent to an activating group) is 1. The molecule has 2 aromatic rings. The van der Waals surface area contributed by atoms with E-state index in [4.69, 9.17) is 8.83 Å². The summed E-state index contributed by atoms with van der Waals surface area (Å²) >= 11 is 0. The highest BCUT2D eigenvalue weighted by Gasteiger charge is 2.01. The van der Waals surface area contributed by atoms with Gasteiger partial charge in [-0.1, -0.05) is 0 Å². The van der Waals surface area contributed by atoms with Gasteiger partial charge in [0.2, 0.25) is 0 Å². The van der Waals surface area contributed by atoms with Crippen LogP contribution < -0.4 is 5.32 Å².